The van der Waals surface area contributed by atoms with Gasteiger partial charge in [0.05, 0.1) is 11.4 Å². The summed E-state index contributed by atoms with van der Waals surface area (Å²) in [5.41, 5.74) is 8.48. The second-order valence-electron chi connectivity index (χ2n) is 5.77. The van der Waals surface area contributed by atoms with E-state index in [1.807, 2.05) is 0 Å². The summed E-state index contributed by atoms with van der Waals surface area (Å²) in [6.07, 6.45) is -5.03. The van der Waals surface area contributed by atoms with Crippen molar-refractivity contribution in [2.24, 2.45) is 0 Å². The Labute approximate surface area is 160 Å². The molecule has 4 nitrogen and oxygen atoms in total. The molecule has 0 aliphatic heterocycles. The minimum absolute atomic E-state index is 0.312. The van der Waals surface area contributed by atoms with Crippen LogP contribution in [0.5, 0.6) is 23.0 Å². The van der Waals surface area contributed by atoms with Crippen LogP contribution in [0.1, 0.15) is 5.56 Å². The monoisotopic (exact) mass is 414 g/mol. The molecule has 0 aliphatic carbocycles. The Hall–Kier alpha value is -3.56. The predicted molar refractivity (Wildman–Crippen MR) is 93.2 cm³/mol. The number of rotatable bonds is 4. The molecule has 0 amide bonds. The van der Waals surface area contributed by atoms with Crippen molar-refractivity contribution in [3.8, 4) is 23.0 Å². The molecule has 0 unspecified atom stereocenters. The van der Waals surface area contributed by atoms with Crippen molar-refractivity contribution in [2.75, 3.05) is 11.5 Å². The summed E-state index contributed by atoms with van der Waals surface area (Å²) in [5.74, 6) is -7.23. The third-order valence-corrected chi connectivity index (χ3v) is 3.79. The second kappa shape index (κ2) is 7.46. The summed E-state index contributed by atoms with van der Waals surface area (Å²) >= 11 is 0. The number of ether oxygens (including phenoxy) is 2. The molecule has 29 heavy (non-hydrogen) atoms. The van der Waals surface area contributed by atoms with Crippen LogP contribution >= 0.6 is 0 Å². The van der Waals surface area contributed by atoms with Crippen LogP contribution in [0.25, 0.3) is 0 Å². The lowest BCUT2D eigenvalue weighted by molar-refractivity contribution is -0.138. The van der Waals surface area contributed by atoms with Crippen molar-refractivity contribution in [1.82, 2.24) is 0 Å². The largest absolute Gasteiger partial charge is 0.451 e. The lowest BCUT2D eigenvalue weighted by Gasteiger charge is -2.17. The van der Waals surface area contributed by atoms with Gasteiger partial charge in [0.15, 0.2) is 34.6 Å². The van der Waals surface area contributed by atoms with E-state index in [0.29, 0.717) is 12.1 Å². The highest BCUT2D eigenvalue weighted by atomic mass is 19.4. The zero-order chi connectivity index (χ0) is 21.3. The standard InChI is InChI=1S/C19H12F6N2O2/c20-15-10(26)3-1-5-12(15)28-14-8-7-9(19(23,24)25)18(17(14)22)29-13-6-2-4-11(27)16(13)21/h1-8H,26-27H2. The summed E-state index contributed by atoms with van der Waals surface area (Å²) in [6, 6.07) is 8.03. The van der Waals surface area contributed by atoms with Gasteiger partial charge in [-0.15, -0.1) is 0 Å². The molecule has 0 spiro atoms. The van der Waals surface area contributed by atoms with Gasteiger partial charge in [-0.25, -0.2) is 8.78 Å². The number of benzene rings is 3. The van der Waals surface area contributed by atoms with Gasteiger partial charge in [0.2, 0.25) is 5.82 Å². The minimum Gasteiger partial charge on any atom is -0.451 e. The molecule has 3 aromatic carbocycles. The maximum atomic E-state index is 14.8. The number of nitrogen functional groups attached to an aromatic ring is 2. The lowest BCUT2D eigenvalue weighted by Crippen LogP contribution is -2.10. The quantitative estimate of drug-likeness (QED) is 0.414. The van der Waals surface area contributed by atoms with E-state index in [1.54, 1.807) is 0 Å². The molecule has 10 heteroatoms. The summed E-state index contributed by atoms with van der Waals surface area (Å²) in [7, 11) is 0. The van der Waals surface area contributed by atoms with Gasteiger partial charge in [-0.05, 0) is 36.4 Å². The molecule has 0 atom stereocenters. The average molecular weight is 414 g/mol. The third kappa shape index (κ3) is 4.00. The fourth-order valence-corrected chi connectivity index (χ4v) is 2.38. The zero-order valence-electron chi connectivity index (χ0n) is 14.4. The van der Waals surface area contributed by atoms with Crippen LogP contribution in [-0.4, -0.2) is 0 Å². The number of hydrogen-bond acceptors (Lipinski definition) is 4. The van der Waals surface area contributed by atoms with E-state index in [0.717, 1.165) is 18.2 Å². The minimum atomic E-state index is -5.03. The highest BCUT2D eigenvalue weighted by molar-refractivity contribution is 5.52. The Morgan fingerprint density at radius 2 is 1.10 bits per heavy atom. The van der Waals surface area contributed by atoms with Crippen LogP contribution in [0.15, 0.2) is 48.5 Å². The van der Waals surface area contributed by atoms with Gasteiger partial charge in [0.1, 0.15) is 5.56 Å². The third-order valence-electron chi connectivity index (χ3n) is 3.79. The predicted octanol–water partition coefficient (Wildman–Crippen LogP) is 5.87. The van der Waals surface area contributed by atoms with E-state index in [2.05, 4.69) is 0 Å². The first-order valence-electron chi connectivity index (χ1n) is 7.93. The SMILES string of the molecule is Nc1cccc(Oc2ccc(C(F)(F)F)c(Oc3cccc(N)c3F)c2F)c1F. The van der Waals surface area contributed by atoms with Gasteiger partial charge in [0, 0.05) is 0 Å². The van der Waals surface area contributed by atoms with Crippen LogP contribution in [0.2, 0.25) is 0 Å². The van der Waals surface area contributed by atoms with Crippen LogP contribution in [0.4, 0.5) is 37.7 Å². The number of anilines is 2. The molecule has 3 rings (SSSR count). The summed E-state index contributed by atoms with van der Waals surface area (Å²) in [6.45, 7) is 0. The van der Waals surface area contributed by atoms with E-state index in [9.17, 15) is 26.3 Å². The van der Waals surface area contributed by atoms with Gasteiger partial charge in [-0.3, -0.25) is 0 Å². The summed E-state index contributed by atoms with van der Waals surface area (Å²) < 4.78 is 92.7. The topological polar surface area (TPSA) is 70.5 Å². The van der Waals surface area contributed by atoms with Crippen molar-refractivity contribution < 1.29 is 35.8 Å². The van der Waals surface area contributed by atoms with Crippen molar-refractivity contribution in [3.05, 3.63) is 71.5 Å². The molecule has 0 bridgehead atoms. The van der Waals surface area contributed by atoms with E-state index in [1.165, 1.54) is 18.2 Å². The number of nitrogens with two attached hydrogens (primary N) is 2. The molecule has 0 heterocycles. The smallest absolute Gasteiger partial charge is 0.420 e. The van der Waals surface area contributed by atoms with E-state index < -0.39 is 57.9 Å². The Bertz CT molecular complexity index is 1070. The van der Waals surface area contributed by atoms with Crippen molar-refractivity contribution in [3.63, 3.8) is 0 Å². The average Bonchev–Trinajstić information content (AvgIpc) is 2.64. The van der Waals surface area contributed by atoms with Crippen LogP contribution in [-0.2, 0) is 6.18 Å². The summed E-state index contributed by atoms with van der Waals surface area (Å²) in [5, 5.41) is 0. The van der Waals surface area contributed by atoms with E-state index >= 15 is 0 Å². The van der Waals surface area contributed by atoms with E-state index in [-0.39, 0.29) is 5.69 Å². The first kappa shape index (κ1) is 20.2. The Morgan fingerprint density at radius 1 is 0.621 bits per heavy atom. The molecule has 0 fully saturated rings. The van der Waals surface area contributed by atoms with Gasteiger partial charge >= 0.3 is 6.18 Å². The van der Waals surface area contributed by atoms with Crippen LogP contribution in [0, 0.1) is 17.5 Å². The van der Waals surface area contributed by atoms with Crippen molar-refractivity contribution >= 4 is 11.4 Å². The van der Waals surface area contributed by atoms with Gasteiger partial charge in [-0.1, -0.05) is 12.1 Å². The van der Waals surface area contributed by atoms with Gasteiger partial charge < -0.3 is 20.9 Å². The fourth-order valence-electron chi connectivity index (χ4n) is 2.38. The normalized spacial score (nSPS) is 11.4. The molecular weight excluding hydrogens is 402 g/mol. The molecule has 0 saturated carbocycles. The number of halogens is 6. The number of hydrogen-bond donors (Lipinski definition) is 2. The first-order valence-corrected chi connectivity index (χ1v) is 7.93. The zero-order valence-corrected chi connectivity index (χ0v) is 14.4. The molecule has 0 aromatic heterocycles. The van der Waals surface area contributed by atoms with Gasteiger partial charge in [0.25, 0.3) is 0 Å². The lowest BCUT2D eigenvalue weighted by atomic mass is 10.1. The van der Waals surface area contributed by atoms with Crippen molar-refractivity contribution in [2.45, 2.75) is 6.18 Å². The maximum Gasteiger partial charge on any atom is 0.420 e. The Balaban J connectivity index is 2.10. The molecule has 3 aromatic rings. The Kier molecular flexibility index (Phi) is 5.19. The second-order valence-corrected chi connectivity index (χ2v) is 5.77. The molecule has 4 N–H and O–H groups in total. The molecule has 0 radical (unpaired) electrons. The van der Waals surface area contributed by atoms with Crippen molar-refractivity contribution in [1.29, 1.82) is 0 Å². The maximum absolute atomic E-state index is 14.8. The molecule has 0 saturated heterocycles. The number of alkyl halides is 3. The Morgan fingerprint density at radius 3 is 1.62 bits per heavy atom. The van der Waals surface area contributed by atoms with Crippen LogP contribution in [0.3, 0.4) is 0 Å². The van der Waals surface area contributed by atoms with Crippen LogP contribution < -0.4 is 20.9 Å². The van der Waals surface area contributed by atoms with Gasteiger partial charge in [-0.2, -0.15) is 17.6 Å². The fraction of sp³-hybridized carbons (Fsp3) is 0.0526. The highest BCUT2D eigenvalue weighted by Gasteiger charge is 2.37. The molecule has 152 valence electrons. The first-order chi connectivity index (χ1) is 13.6. The highest BCUT2D eigenvalue weighted by Crippen LogP contribution is 2.44. The summed E-state index contributed by atoms with van der Waals surface area (Å²) in [4.78, 5) is 0. The molecule has 0 aliphatic rings. The molecular formula is C19H12F6N2O2. The van der Waals surface area contributed by atoms with E-state index in [4.69, 9.17) is 20.9 Å².